The van der Waals surface area contributed by atoms with E-state index >= 15 is 0 Å². The molecule has 0 aromatic carbocycles. The monoisotopic (exact) mass is 146 g/mol. The first-order valence-corrected chi connectivity index (χ1v) is 0.842. The zero-order valence-corrected chi connectivity index (χ0v) is 3.93. The van der Waals surface area contributed by atoms with Crippen LogP contribution in [0.2, 0.25) is 0 Å². The molecule has 4 heavy (non-hydrogen) atoms. The first kappa shape index (κ1) is 17.0. The van der Waals surface area contributed by atoms with E-state index in [2.05, 4.69) is 0 Å². The third kappa shape index (κ3) is 9.20. The SMILES string of the molecule is [Fe].[MgH2].[O]=[Ti]. The molecule has 0 N–H and O–H groups in total. The van der Waals surface area contributed by atoms with Crippen LogP contribution in [-0.2, 0) is 40.8 Å². The van der Waals surface area contributed by atoms with E-state index in [0.717, 1.165) is 20.4 Å². The molecule has 0 aliphatic heterocycles. The van der Waals surface area contributed by atoms with Gasteiger partial charge in [-0.15, -0.1) is 0 Å². The molecule has 0 fully saturated rings. The Balaban J connectivity index is -0.00000000500. The molecule has 0 bridgehead atoms. The van der Waals surface area contributed by atoms with Crippen LogP contribution in [0.5, 0.6) is 0 Å². The molecular weight excluding hydrogens is 144 g/mol. The van der Waals surface area contributed by atoms with E-state index in [-0.39, 0.29) is 40.1 Å². The van der Waals surface area contributed by atoms with E-state index in [1.165, 1.54) is 0 Å². The van der Waals surface area contributed by atoms with Crippen molar-refractivity contribution >= 4 is 23.1 Å². The van der Waals surface area contributed by atoms with Crippen LogP contribution in [0.15, 0.2) is 0 Å². The molecule has 0 heterocycles. The number of rotatable bonds is 0. The molecule has 0 radical (unpaired) electrons. The van der Waals surface area contributed by atoms with Gasteiger partial charge in [0.05, 0.1) is 0 Å². The fourth-order valence-electron chi connectivity index (χ4n) is 0. The van der Waals surface area contributed by atoms with Gasteiger partial charge in [0.2, 0.25) is 0 Å². The zero-order valence-electron chi connectivity index (χ0n) is 1.26. The standard InChI is InChI=1S/Fe.Mg.O.Ti.2H. The maximum atomic E-state index is 8.25. The van der Waals surface area contributed by atoms with Gasteiger partial charge in [0, 0.05) is 17.1 Å². The molecule has 0 spiro atoms. The summed E-state index contributed by atoms with van der Waals surface area (Å²) in [5.74, 6) is 0. The third-order valence-electron chi connectivity index (χ3n) is 0. The summed E-state index contributed by atoms with van der Waals surface area (Å²) < 4.78 is 8.25. The van der Waals surface area contributed by atoms with Crippen LogP contribution in [0, 0.1) is 0 Å². The van der Waals surface area contributed by atoms with Gasteiger partial charge in [-0.3, -0.25) is 0 Å². The Labute approximate surface area is 63.3 Å². The topological polar surface area (TPSA) is 17.1 Å². The number of hydrogen-bond donors (Lipinski definition) is 0. The summed E-state index contributed by atoms with van der Waals surface area (Å²) in [6.07, 6.45) is 0. The molecule has 0 aromatic rings. The normalized spacial score (nSPS) is 0.750. The molecular formula is H2FeMgOTi. The predicted octanol–water partition coefficient (Wildman–Crippen LogP) is -1.04. The molecule has 4 heteroatoms. The van der Waals surface area contributed by atoms with E-state index in [1.807, 2.05) is 0 Å². The molecule has 22 valence electrons. The van der Waals surface area contributed by atoms with Crippen LogP contribution < -0.4 is 0 Å². The van der Waals surface area contributed by atoms with Crippen molar-refractivity contribution in [1.82, 2.24) is 0 Å². The van der Waals surface area contributed by atoms with Crippen LogP contribution in [0.3, 0.4) is 0 Å². The minimum absolute atomic E-state index is 0. The zero-order chi connectivity index (χ0) is 2.00. The first-order chi connectivity index (χ1) is 1.00. The van der Waals surface area contributed by atoms with Crippen LogP contribution in [0.1, 0.15) is 0 Å². The fraction of sp³-hybridized carbons (Fsp3) is 0. The van der Waals surface area contributed by atoms with Crippen molar-refractivity contribution in [3.8, 4) is 0 Å². The van der Waals surface area contributed by atoms with Gasteiger partial charge in [-0.2, -0.15) is 0 Å². The van der Waals surface area contributed by atoms with Gasteiger partial charge in [-0.1, -0.05) is 0 Å². The molecule has 0 saturated heterocycles. The second-order valence-corrected chi connectivity index (χ2v) is 0. The molecule has 0 saturated carbocycles. The van der Waals surface area contributed by atoms with Crippen LogP contribution in [-0.4, -0.2) is 23.1 Å². The van der Waals surface area contributed by atoms with Gasteiger partial charge >= 0.3 is 46.8 Å². The maximum absolute atomic E-state index is 8.25. The summed E-state index contributed by atoms with van der Waals surface area (Å²) in [6, 6.07) is 0. The molecule has 0 rings (SSSR count). The van der Waals surface area contributed by atoms with Crippen molar-refractivity contribution in [1.29, 1.82) is 0 Å². The average Bonchev–Trinajstić information content (AvgIpc) is 1.00. The van der Waals surface area contributed by atoms with E-state index in [1.54, 1.807) is 0 Å². The summed E-state index contributed by atoms with van der Waals surface area (Å²) in [5.41, 5.74) is 0. The van der Waals surface area contributed by atoms with E-state index in [9.17, 15) is 0 Å². The summed E-state index contributed by atoms with van der Waals surface area (Å²) in [6.45, 7) is 0. The van der Waals surface area contributed by atoms with Crippen molar-refractivity contribution in [3.05, 3.63) is 0 Å². The molecule has 0 amide bonds. The average molecular weight is 146 g/mol. The van der Waals surface area contributed by atoms with Crippen molar-refractivity contribution < 1.29 is 40.8 Å². The quantitative estimate of drug-likeness (QED) is 0.399. The Hall–Kier alpha value is 1.80. The predicted molar refractivity (Wildman–Crippen MR) is 9.23 cm³/mol. The molecule has 0 atom stereocenters. The van der Waals surface area contributed by atoms with Gasteiger partial charge < -0.3 is 0 Å². The molecule has 0 aliphatic carbocycles. The van der Waals surface area contributed by atoms with Crippen LogP contribution in [0.25, 0.3) is 0 Å². The van der Waals surface area contributed by atoms with Gasteiger partial charge in [-0.05, 0) is 0 Å². The Kier molecular flexibility index (Phi) is 91.2. The summed E-state index contributed by atoms with van der Waals surface area (Å²) >= 11 is 0.750. The third-order valence-corrected chi connectivity index (χ3v) is 0. The van der Waals surface area contributed by atoms with E-state index < -0.39 is 0 Å². The van der Waals surface area contributed by atoms with Gasteiger partial charge in [-0.25, -0.2) is 0 Å². The molecule has 0 unspecified atom stereocenters. The number of hydrogen-bond acceptors (Lipinski definition) is 1. The van der Waals surface area contributed by atoms with Crippen LogP contribution >= 0.6 is 0 Å². The summed E-state index contributed by atoms with van der Waals surface area (Å²) in [7, 11) is 0. The van der Waals surface area contributed by atoms with E-state index in [4.69, 9.17) is 3.32 Å². The first-order valence-electron chi connectivity index (χ1n) is 0.204. The summed E-state index contributed by atoms with van der Waals surface area (Å²) in [4.78, 5) is 0. The van der Waals surface area contributed by atoms with Crippen molar-refractivity contribution in [2.75, 3.05) is 0 Å². The minimum atomic E-state index is 0. The van der Waals surface area contributed by atoms with Gasteiger partial charge in [0.15, 0.2) is 0 Å². The molecule has 0 aromatic heterocycles. The molecule has 1 nitrogen and oxygen atoms in total. The van der Waals surface area contributed by atoms with Crippen molar-refractivity contribution in [2.24, 2.45) is 0 Å². The Bertz CT molecular complexity index is 8.00. The van der Waals surface area contributed by atoms with Crippen molar-refractivity contribution in [3.63, 3.8) is 0 Å². The Morgan fingerprint density at radius 2 is 1.25 bits per heavy atom. The van der Waals surface area contributed by atoms with Gasteiger partial charge in [0.1, 0.15) is 0 Å². The van der Waals surface area contributed by atoms with Crippen LogP contribution in [0.4, 0.5) is 0 Å². The summed E-state index contributed by atoms with van der Waals surface area (Å²) in [5, 5.41) is 0. The molecule has 0 aliphatic rings. The Morgan fingerprint density at radius 1 is 1.25 bits per heavy atom. The van der Waals surface area contributed by atoms with Gasteiger partial charge in [0.25, 0.3) is 0 Å². The second-order valence-electron chi connectivity index (χ2n) is 0. The van der Waals surface area contributed by atoms with E-state index in [0.29, 0.717) is 0 Å². The fourth-order valence-corrected chi connectivity index (χ4v) is 0. The Morgan fingerprint density at radius 3 is 1.25 bits per heavy atom. The second kappa shape index (κ2) is 21.4. The van der Waals surface area contributed by atoms with Crippen molar-refractivity contribution in [2.45, 2.75) is 0 Å².